The van der Waals surface area contributed by atoms with Gasteiger partial charge >= 0.3 is 0 Å². The Kier molecular flexibility index (Phi) is 4.81. The van der Waals surface area contributed by atoms with Gasteiger partial charge in [-0.25, -0.2) is 0 Å². The summed E-state index contributed by atoms with van der Waals surface area (Å²) in [6, 6.07) is 4.68. The molecule has 0 saturated carbocycles. The van der Waals surface area contributed by atoms with Crippen molar-refractivity contribution in [1.82, 2.24) is 14.4 Å². The molecular weight excluding hydrogens is 302 g/mol. The molecular formula is C19H29N3O2. The Bertz CT molecular complexity index is 674. The highest BCUT2D eigenvalue weighted by Gasteiger charge is 2.38. The fourth-order valence-corrected chi connectivity index (χ4v) is 4.06. The molecule has 2 fully saturated rings. The van der Waals surface area contributed by atoms with E-state index in [1.807, 2.05) is 11.0 Å². The minimum Gasteiger partial charge on any atom is -0.335 e. The number of aromatic nitrogens is 1. The maximum atomic E-state index is 12.7. The molecule has 3 heterocycles. The number of hydrogen-bond donors (Lipinski definition) is 0. The van der Waals surface area contributed by atoms with Crippen molar-refractivity contribution in [3.63, 3.8) is 0 Å². The van der Waals surface area contributed by atoms with Crippen molar-refractivity contribution < 1.29 is 4.79 Å². The second-order valence-corrected chi connectivity index (χ2v) is 7.64. The molecule has 1 amide bonds. The summed E-state index contributed by atoms with van der Waals surface area (Å²) in [5.74, 6) is 0.146. The maximum Gasteiger partial charge on any atom is 0.263 e. The molecule has 0 bridgehead atoms. The zero-order valence-electron chi connectivity index (χ0n) is 15.3. The molecule has 0 spiro atoms. The summed E-state index contributed by atoms with van der Waals surface area (Å²) in [5.41, 5.74) is 1.08. The van der Waals surface area contributed by atoms with E-state index in [0.717, 1.165) is 25.3 Å². The third-order valence-electron chi connectivity index (χ3n) is 5.64. The van der Waals surface area contributed by atoms with Crippen LogP contribution in [0, 0.1) is 0 Å². The quantitative estimate of drug-likeness (QED) is 0.853. The van der Waals surface area contributed by atoms with Crippen molar-refractivity contribution in [3.8, 4) is 0 Å². The molecule has 24 heavy (non-hydrogen) atoms. The molecule has 3 rings (SSSR count). The van der Waals surface area contributed by atoms with Crippen molar-refractivity contribution in [2.45, 2.75) is 58.0 Å². The van der Waals surface area contributed by atoms with E-state index in [-0.39, 0.29) is 17.4 Å². The van der Waals surface area contributed by atoms with Gasteiger partial charge in [-0.05, 0) is 44.4 Å². The summed E-state index contributed by atoms with van der Waals surface area (Å²) >= 11 is 0. The van der Waals surface area contributed by atoms with Crippen molar-refractivity contribution in [1.29, 1.82) is 0 Å². The first-order valence-electron chi connectivity index (χ1n) is 9.15. The lowest BCUT2D eigenvalue weighted by Gasteiger charge is -2.49. The molecule has 5 heteroatoms. The van der Waals surface area contributed by atoms with E-state index < -0.39 is 0 Å². The van der Waals surface area contributed by atoms with Crippen LogP contribution in [-0.2, 0) is 7.05 Å². The monoisotopic (exact) mass is 331 g/mol. The predicted octanol–water partition coefficient (Wildman–Crippen LogP) is 2.21. The van der Waals surface area contributed by atoms with E-state index in [9.17, 15) is 9.59 Å². The molecule has 1 aromatic rings. The highest BCUT2D eigenvalue weighted by atomic mass is 16.2. The van der Waals surface area contributed by atoms with E-state index in [1.54, 1.807) is 17.7 Å². The van der Waals surface area contributed by atoms with Crippen LogP contribution in [0.3, 0.4) is 0 Å². The lowest BCUT2D eigenvalue weighted by molar-refractivity contribution is 0.00200. The first-order chi connectivity index (χ1) is 11.4. The van der Waals surface area contributed by atoms with Crippen LogP contribution in [0.1, 0.15) is 62.0 Å². The minimum atomic E-state index is -0.180. The van der Waals surface area contributed by atoms with E-state index >= 15 is 0 Å². The molecule has 0 aromatic carbocycles. The minimum absolute atomic E-state index is 0.119. The van der Waals surface area contributed by atoms with Crippen LogP contribution in [0.5, 0.6) is 0 Å². The summed E-state index contributed by atoms with van der Waals surface area (Å²) in [6.45, 7) is 9.02. The maximum absolute atomic E-state index is 12.7. The Balaban J connectivity index is 1.69. The van der Waals surface area contributed by atoms with Gasteiger partial charge in [0.2, 0.25) is 0 Å². The molecule has 2 saturated heterocycles. The van der Waals surface area contributed by atoms with Crippen molar-refractivity contribution in [2.75, 3.05) is 19.6 Å². The number of nitrogens with zero attached hydrogens (tertiary/aromatic N) is 3. The number of rotatable bonds is 3. The van der Waals surface area contributed by atoms with Gasteiger partial charge in [-0.3, -0.25) is 14.5 Å². The molecule has 0 N–H and O–H groups in total. The molecule has 0 radical (unpaired) electrons. The van der Waals surface area contributed by atoms with Crippen LogP contribution in [-0.4, -0.2) is 52.0 Å². The second-order valence-electron chi connectivity index (χ2n) is 7.64. The van der Waals surface area contributed by atoms with Gasteiger partial charge in [0.05, 0.1) is 0 Å². The zero-order valence-corrected chi connectivity index (χ0v) is 15.3. The lowest BCUT2D eigenvalue weighted by atomic mass is 9.97. The fraction of sp³-hybridized carbons (Fsp3) is 0.684. The van der Waals surface area contributed by atoms with Crippen LogP contribution in [0.15, 0.2) is 16.9 Å². The Morgan fingerprint density at radius 2 is 1.92 bits per heavy atom. The summed E-state index contributed by atoms with van der Waals surface area (Å²) < 4.78 is 1.61. The molecule has 2 aliphatic rings. The van der Waals surface area contributed by atoms with E-state index in [1.165, 1.54) is 19.3 Å². The van der Waals surface area contributed by atoms with Gasteiger partial charge in [-0.2, -0.15) is 0 Å². The Labute approximate surface area is 144 Å². The number of carbonyl (C=O) groups is 1. The van der Waals surface area contributed by atoms with Gasteiger partial charge in [-0.1, -0.05) is 20.3 Å². The summed E-state index contributed by atoms with van der Waals surface area (Å²) in [4.78, 5) is 29.6. The molecule has 2 aliphatic heterocycles. The predicted molar refractivity (Wildman–Crippen MR) is 95.5 cm³/mol. The molecule has 5 nitrogen and oxygen atoms in total. The van der Waals surface area contributed by atoms with Crippen LogP contribution < -0.4 is 5.56 Å². The van der Waals surface area contributed by atoms with E-state index in [4.69, 9.17) is 0 Å². The molecule has 0 unspecified atom stereocenters. The normalized spacial score (nSPS) is 22.7. The first kappa shape index (κ1) is 17.2. The largest absolute Gasteiger partial charge is 0.335 e. The van der Waals surface area contributed by atoms with Crippen LogP contribution in [0.2, 0.25) is 0 Å². The second kappa shape index (κ2) is 6.71. The third kappa shape index (κ3) is 3.02. The molecule has 132 valence electrons. The van der Waals surface area contributed by atoms with Gasteiger partial charge in [0.15, 0.2) is 0 Å². The van der Waals surface area contributed by atoms with Crippen LogP contribution >= 0.6 is 0 Å². The fourth-order valence-electron chi connectivity index (χ4n) is 4.06. The number of carbonyl (C=O) groups excluding carboxylic acids is 1. The van der Waals surface area contributed by atoms with Crippen molar-refractivity contribution in [3.05, 3.63) is 33.7 Å². The Hall–Kier alpha value is -1.62. The number of hydrogen-bond acceptors (Lipinski definition) is 3. The molecule has 1 aromatic heterocycles. The molecule has 0 aliphatic carbocycles. The van der Waals surface area contributed by atoms with Gasteiger partial charge in [0, 0.05) is 37.9 Å². The Morgan fingerprint density at radius 3 is 2.54 bits per heavy atom. The summed E-state index contributed by atoms with van der Waals surface area (Å²) in [6.07, 6.45) is 3.82. The smallest absolute Gasteiger partial charge is 0.263 e. The number of pyridine rings is 1. The zero-order chi connectivity index (χ0) is 17.4. The van der Waals surface area contributed by atoms with Crippen LogP contribution in [0.25, 0.3) is 0 Å². The summed E-state index contributed by atoms with van der Waals surface area (Å²) in [5, 5.41) is 0. The van der Waals surface area contributed by atoms with Gasteiger partial charge in [0.25, 0.3) is 11.5 Å². The lowest BCUT2D eigenvalue weighted by Crippen LogP contribution is -2.63. The van der Waals surface area contributed by atoms with Crippen molar-refractivity contribution >= 4 is 5.91 Å². The Morgan fingerprint density at radius 1 is 1.21 bits per heavy atom. The van der Waals surface area contributed by atoms with Gasteiger partial charge in [0.1, 0.15) is 5.56 Å². The highest BCUT2D eigenvalue weighted by Crippen LogP contribution is 2.25. The van der Waals surface area contributed by atoms with Crippen molar-refractivity contribution in [2.24, 2.45) is 7.05 Å². The SMILES string of the molecule is CC(C)c1ccc(C(=O)N2CC(N3CCCC[C@@H]3C)C2)c(=O)n1C. The number of amides is 1. The molecule has 1 atom stereocenters. The van der Waals surface area contributed by atoms with Gasteiger partial charge in [-0.15, -0.1) is 0 Å². The standard InChI is InChI=1S/C19H29N3O2/c1-13(2)17-9-8-16(18(23)20(17)4)19(24)21-11-15(12-21)22-10-6-5-7-14(22)3/h8-9,13-15H,5-7,10-12H2,1-4H3/t14-/m0/s1. The third-order valence-corrected chi connectivity index (χ3v) is 5.64. The van der Waals surface area contributed by atoms with Crippen LogP contribution in [0.4, 0.5) is 0 Å². The van der Waals surface area contributed by atoms with E-state index in [0.29, 0.717) is 17.6 Å². The number of likely N-dealkylation sites (tertiary alicyclic amines) is 2. The highest BCUT2D eigenvalue weighted by molar-refractivity contribution is 5.94. The van der Waals surface area contributed by atoms with E-state index in [2.05, 4.69) is 25.7 Å². The summed E-state index contributed by atoms with van der Waals surface area (Å²) in [7, 11) is 1.75. The first-order valence-corrected chi connectivity index (χ1v) is 9.15. The number of piperidine rings is 1. The average molecular weight is 331 g/mol. The topological polar surface area (TPSA) is 45.6 Å². The van der Waals surface area contributed by atoms with Gasteiger partial charge < -0.3 is 9.47 Å². The average Bonchev–Trinajstić information content (AvgIpc) is 2.49.